The molecular formula is C23H27N2O7+. The normalized spacial score (nSPS) is 19.5. The first-order chi connectivity index (χ1) is 15.5. The Hall–Kier alpha value is -3.30. The predicted molar refractivity (Wildman–Crippen MR) is 113 cm³/mol. The molecule has 2 N–H and O–H groups in total. The number of carbonyl (C=O) groups excluding carboxylic acids is 2. The molecule has 1 aromatic heterocycles. The van der Waals surface area contributed by atoms with Gasteiger partial charge in [0.2, 0.25) is 5.78 Å². The molecule has 9 heteroatoms. The Kier molecular flexibility index (Phi) is 6.48. The van der Waals surface area contributed by atoms with Crippen LogP contribution in [0.2, 0.25) is 0 Å². The monoisotopic (exact) mass is 443 g/mol. The van der Waals surface area contributed by atoms with E-state index in [1.807, 2.05) is 0 Å². The number of aliphatic hydroxyl groups is 1. The number of furan rings is 1. The number of amides is 1. The van der Waals surface area contributed by atoms with Gasteiger partial charge in [0.05, 0.1) is 58.4 Å². The molecule has 1 amide bonds. The van der Waals surface area contributed by atoms with E-state index in [-0.39, 0.29) is 11.3 Å². The fourth-order valence-corrected chi connectivity index (χ4v) is 4.21. The molecule has 0 radical (unpaired) electrons. The minimum absolute atomic E-state index is 0.0228. The highest BCUT2D eigenvalue weighted by Gasteiger charge is 2.45. The summed E-state index contributed by atoms with van der Waals surface area (Å²) in [4.78, 5) is 29.2. The van der Waals surface area contributed by atoms with Crippen molar-refractivity contribution in [2.45, 2.75) is 6.04 Å². The van der Waals surface area contributed by atoms with Crippen LogP contribution >= 0.6 is 0 Å². The Labute approximate surface area is 185 Å². The second-order valence-corrected chi connectivity index (χ2v) is 7.69. The van der Waals surface area contributed by atoms with Gasteiger partial charge >= 0.3 is 0 Å². The van der Waals surface area contributed by atoms with E-state index in [4.69, 9.17) is 18.6 Å². The third kappa shape index (κ3) is 4.09. The Morgan fingerprint density at radius 3 is 2.66 bits per heavy atom. The highest BCUT2D eigenvalue weighted by molar-refractivity contribution is 6.15. The summed E-state index contributed by atoms with van der Waals surface area (Å²) < 4.78 is 21.5. The van der Waals surface area contributed by atoms with Gasteiger partial charge in [-0.25, -0.2) is 0 Å². The van der Waals surface area contributed by atoms with Crippen LogP contribution in [-0.2, 0) is 9.53 Å². The molecule has 1 atom stereocenters. The van der Waals surface area contributed by atoms with Crippen molar-refractivity contribution in [1.82, 2.24) is 4.90 Å². The summed E-state index contributed by atoms with van der Waals surface area (Å²) in [6, 6.07) is 7.45. The van der Waals surface area contributed by atoms with Gasteiger partial charge in [0, 0.05) is 11.6 Å². The zero-order valence-electron chi connectivity index (χ0n) is 18.1. The van der Waals surface area contributed by atoms with Gasteiger partial charge in [0.25, 0.3) is 5.91 Å². The second-order valence-electron chi connectivity index (χ2n) is 7.69. The van der Waals surface area contributed by atoms with Crippen LogP contribution in [0.15, 0.2) is 52.3 Å². The molecule has 0 saturated carbocycles. The standard InChI is InChI=1S/C23H26N2O7/c1-29-15-5-6-16(18(14-15)30-2)20-19(21(26)17-4-3-11-32-17)22(27)23(28)25(20)8-7-24-9-12-31-13-10-24/h3-6,11,14,20,27H,7-10,12-13H2,1-2H3/p+1. The number of aliphatic hydroxyl groups excluding tert-OH is 1. The van der Waals surface area contributed by atoms with Crippen molar-refractivity contribution in [3.8, 4) is 11.5 Å². The molecule has 170 valence electrons. The predicted octanol–water partition coefficient (Wildman–Crippen LogP) is 0.790. The molecule has 3 heterocycles. The number of ether oxygens (including phenoxy) is 3. The van der Waals surface area contributed by atoms with E-state index in [0.29, 0.717) is 43.4 Å². The van der Waals surface area contributed by atoms with Crippen LogP contribution in [0.5, 0.6) is 11.5 Å². The van der Waals surface area contributed by atoms with Crippen LogP contribution in [-0.4, -0.2) is 75.3 Å². The Morgan fingerprint density at radius 2 is 2.00 bits per heavy atom. The van der Waals surface area contributed by atoms with Crippen LogP contribution < -0.4 is 14.4 Å². The average Bonchev–Trinajstić information content (AvgIpc) is 3.45. The fraction of sp³-hybridized carbons (Fsp3) is 0.391. The highest BCUT2D eigenvalue weighted by atomic mass is 16.5. The number of methoxy groups -OCH3 is 2. The largest absolute Gasteiger partial charge is 0.503 e. The molecule has 2 aromatic rings. The third-order valence-electron chi connectivity index (χ3n) is 5.93. The number of benzene rings is 1. The summed E-state index contributed by atoms with van der Waals surface area (Å²) in [5.41, 5.74) is 0.558. The molecule has 2 aliphatic heterocycles. The molecule has 1 aromatic carbocycles. The number of ketones is 1. The zero-order valence-corrected chi connectivity index (χ0v) is 18.1. The highest BCUT2D eigenvalue weighted by Crippen LogP contribution is 2.43. The van der Waals surface area contributed by atoms with Gasteiger partial charge in [-0.05, 0) is 24.3 Å². The van der Waals surface area contributed by atoms with Crippen LogP contribution in [0.1, 0.15) is 22.2 Å². The van der Waals surface area contributed by atoms with E-state index in [1.54, 1.807) is 31.4 Å². The fourth-order valence-electron chi connectivity index (χ4n) is 4.21. The van der Waals surface area contributed by atoms with Crippen LogP contribution in [0.4, 0.5) is 0 Å². The molecule has 1 unspecified atom stereocenters. The van der Waals surface area contributed by atoms with E-state index in [9.17, 15) is 14.7 Å². The number of hydrogen-bond donors (Lipinski definition) is 2. The Morgan fingerprint density at radius 1 is 1.22 bits per heavy atom. The maximum atomic E-state index is 13.2. The minimum atomic E-state index is -0.818. The summed E-state index contributed by atoms with van der Waals surface area (Å²) in [7, 11) is 3.05. The number of quaternary nitrogens is 1. The third-order valence-corrected chi connectivity index (χ3v) is 5.93. The van der Waals surface area contributed by atoms with E-state index in [2.05, 4.69) is 0 Å². The van der Waals surface area contributed by atoms with Crippen molar-refractivity contribution in [1.29, 1.82) is 0 Å². The summed E-state index contributed by atoms with van der Waals surface area (Å²) in [5.74, 6) is -0.610. The summed E-state index contributed by atoms with van der Waals surface area (Å²) in [5, 5.41) is 10.8. The van der Waals surface area contributed by atoms with E-state index in [0.717, 1.165) is 13.1 Å². The summed E-state index contributed by atoms with van der Waals surface area (Å²) >= 11 is 0. The lowest BCUT2D eigenvalue weighted by Gasteiger charge is -2.30. The van der Waals surface area contributed by atoms with Crippen LogP contribution in [0, 0.1) is 0 Å². The smallest absolute Gasteiger partial charge is 0.290 e. The number of nitrogens with one attached hydrogen (secondary N) is 1. The second kappa shape index (κ2) is 9.46. The first-order valence-electron chi connectivity index (χ1n) is 10.5. The molecule has 0 bridgehead atoms. The molecular weight excluding hydrogens is 416 g/mol. The van der Waals surface area contributed by atoms with Gasteiger partial charge in [0.1, 0.15) is 24.6 Å². The number of rotatable bonds is 8. The molecule has 1 saturated heterocycles. The molecule has 4 rings (SSSR count). The summed E-state index contributed by atoms with van der Waals surface area (Å²) in [6.45, 7) is 4.05. The molecule has 32 heavy (non-hydrogen) atoms. The topological polar surface area (TPSA) is 103 Å². The quantitative estimate of drug-likeness (QED) is 0.582. The minimum Gasteiger partial charge on any atom is -0.503 e. The van der Waals surface area contributed by atoms with Crippen molar-refractivity contribution in [2.75, 3.05) is 53.6 Å². The van der Waals surface area contributed by atoms with Gasteiger partial charge in [-0.1, -0.05) is 0 Å². The molecule has 0 spiro atoms. The van der Waals surface area contributed by atoms with Crippen molar-refractivity contribution in [2.24, 2.45) is 0 Å². The lowest BCUT2D eigenvalue weighted by molar-refractivity contribution is -0.907. The van der Waals surface area contributed by atoms with Crippen molar-refractivity contribution >= 4 is 11.7 Å². The number of carbonyl (C=O) groups is 2. The Balaban J connectivity index is 1.73. The SMILES string of the molecule is COc1ccc(C2C(C(=O)c3ccco3)=C(O)C(=O)N2CC[NH+]2CCOCC2)c(OC)c1. The molecule has 9 nitrogen and oxygen atoms in total. The summed E-state index contributed by atoms with van der Waals surface area (Å²) in [6.07, 6.45) is 1.38. The number of hydrogen-bond acceptors (Lipinski definition) is 7. The van der Waals surface area contributed by atoms with E-state index < -0.39 is 23.5 Å². The first-order valence-corrected chi connectivity index (χ1v) is 10.5. The van der Waals surface area contributed by atoms with E-state index >= 15 is 0 Å². The van der Waals surface area contributed by atoms with Gasteiger partial charge in [-0.3, -0.25) is 9.59 Å². The maximum Gasteiger partial charge on any atom is 0.290 e. The lowest BCUT2D eigenvalue weighted by Crippen LogP contribution is -3.14. The van der Waals surface area contributed by atoms with Crippen molar-refractivity contribution < 1.29 is 38.2 Å². The van der Waals surface area contributed by atoms with Crippen LogP contribution in [0.3, 0.4) is 0 Å². The molecule has 0 aliphatic carbocycles. The molecule has 1 fully saturated rings. The number of morpholine rings is 1. The Bertz CT molecular complexity index is 1010. The zero-order chi connectivity index (χ0) is 22.7. The maximum absolute atomic E-state index is 13.2. The molecule has 2 aliphatic rings. The van der Waals surface area contributed by atoms with Gasteiger partial charge < -0.3 is 33.5 Å². The number of nitrogens with zero attached hydrogens (tertiary/aromatic N) is 1. The number of Topliss-reactive ketones (excluding diaryl/α,β-unsaturated/α-hetero) is 1. The van der Waals surface area contributed by atoms with E-state index in [1.165, 1.54) is 29.2 Å². The van der Waals surface area contributed by atoms with Gasteiger partial charge in [-0.15, -0.1) is 0 Å². The lowest BCUT2D eigenvalue weighted by atomic mass is 9.94. The van der Waals surface area contributed by atoms with Crippen molar-refractivity contribution in [3.63, 3.8) is 0 Å². The van der Waals surface area contributed by atoms with Crippen LogP contribution in [0.25, 0.3) is 0 Å². The first kappa shape index (κ1) is 21.9. The average molecular weight is 443 g/mol. The van der Waals surface area contributed by atoms with Crippen molar-refractivity contribution in [3.05, 3.63) is 59.3 Å². The van der Waals surface area contributed by atoms with Gasteiger partial charge in [0.15, 0.2) is 11.5 Å². The van der Waals surface area contributed by atoms with Gasteiger partial charge in [-0.2, -0.15) is 0 Å².